The molecule has 12 heteroatoms. The molecular formula is C33H35N5O7. The van der Waals surface area contributed by atoms with E-state index in [1.165, 1.54) is 23.1 Å². The smallest absolute Gasteiger partial charge is 0.269 e. The third-order valence-electron chi connectivity index (χ3n) is 8.47. The number of fused-ring (bicyclic) bond motifs is 1. The van der Waals surface area contributed by atoms with Gasteiger partial charge >= 0.3 is 0 Å². The number of nitro groups is 1. The first-order valence-corrected chi connectivity index (χ1v) is 14.7. The number of carbonyl (C=O) groups excluding carboxylic acids is 3. The molecule has 2 heterocycles. The van der Waals surface area contributed by atoms with Crippen LogP contribution in [0.25, 0.3) is 0 Å². The van der Waals surface area contributed by atoms with Gasteiger partial charge in [-0.3, -0.25) is 24.5 Å². The standard InChI is InChI=1S/C33H35N5O7/c1-21(4-2-6-30(40)36-17-3-5-27(36)20-39)33(43)28-18-26(38(44)45)15-16-29(28)37(32(33)42)19-22-7-13-25(14-8-22)35-31(41)23-9-11-24(34)12-10-23/h2,4,7-16,18,21,27,39,43H,3,5-6,17,19-20,34H2,1H3,(H,35,41)/b4-2+/t21-,27+,33+/m1/s1. The van der Waals surface area contributed by atoms with Crippen LogP contribution in [-0.4, -0.2) is 57.0 Å². The Balaban J connectivity index is 1.34. The van der Waals surface area contributed by atoms with Gasteiger partial charge in [0.25, 0.3) is 17.5 Å². The molecule has 5 N–H and O–H groups in total. The maximum Gasteiger partial charge on any atom is 0.269 e. The van der Waals surface area contributed by atoms with Crippen molar-refractivity contribution in [3.05, 3.63) is 106 Å². The van der Waals surface area contributed by atoms with Crippen LogP contribution in [0.15, 0.2) is 78.9 Å². The molecule has 0 bridgehead atoms. The van der Waals surface area contributed by atoms with E-state index in [2.05, 4.69) is 5.32 Å². The molecule has 5 rings (SSSR count). The minimum absolute atomic E-state index is 0.0256. The van der Waals surface area contributed by atoms with Crippen molar-refractivity contribution >= 4 is 40.5 Å². The number of hydrogen-bond acceptors (Lipinski definition) is 8. The minimum atomic E-state index is -2.12. The fraction of sp³-hybridized carbons (Fsp3) is 0.303. The van der Waals surface area contributed by atoms with E-state index in [0.29, 0.717) is 34.7 Å². The number of nitrogens with zero attached hydrogens (tertiary/aromatic N) is 3. The lowest BCUT2D eigenvalue weighted by Gasteiger charge is -2.28. The summed E-state index contributed by atoms with van der Waals surface area (Å²) in [5.41, 5.74) is 5.98. The van der Waals surface area contributed by atoms with Crippen molar-refractivity contribution in [2.75, 3.05) is 29.1 Å². The number of nitro benzene ring substituents is 1. The number of nitrogens with two attached hydrogens (primary N) is 1. The highest BCUT2D eigenvalue weighted by Gasteiger charge is 2.53. The number of amides is 3. The summed E-state index contributed by atoms with van der Waals surface area (Å²) in [7, 11) is 0. The number of benzene rings is 3. The van der Waals surface area contributed by atoms with E-state index in [4.69, 9.17) is 5.73 Å². The summed E-state index contributed by atoms with van der Waals surface area (Å²) in [5, 5.41) is 35.8. The first-order chi connectivity index (χ1) is 21.5. The summed E-state index contributed by atoms with van der Waals surface area (Å²) in [5.74, 6) is -1.95. The van der Waals surface area contributed by atoms with Crippen LogP contribution in [0, 0.1) is 16.0 Å². The van der Waals surface area contributed by atoms with Gasteiger partial charge in [-0.25, -0.2) is 0 Å². The molecule has 0 spiro atoms. The molecule has 2 aliphatic heterocycles. The van der Waals surface area contributed by atoms with Gasteiger partial charge in [0.1, 0.15) is 0 Å². The summed E-state index contributed by atoms with van der Waals surface area (Å²) >= 11 is 0. The van der Waals surface area contributed by atoms with Gasteiger partial charge in [-0.15, -0.1) is 0 Å². The zero-order valence-corrected chi connectivity index (χ0v) is 24.8. The SMILES string of the molecule is C[C@H](/C=C/CC(=O)N1CCC[C@H]1CO)[C@@]1(O)C(=O)N(Cc2ccc(NC(=O)c3ccc(N)cc3)cc2)c2ccc([N+](=O)[O-])cc21. The Kier molecular flexibility index (Phi) is 8.98. The molecule has 45 heavy (non-hydrogen) atoms. The summed E-state index contributed by atoms with van der Waals surface area (Å²) in [6.07, 6.45) is 4.74. The van der Waals surface area contributed by atoms with Crippen LogP contribution in [-0.2, 0) is 21.7 Å². The molecule has 0 aromatic heterocycles. The maximum atomic E-state index is 13.9. The van der Waals surface area contributed by atoms with Crippen molar-refractivity contribution in [2.45, 2.75) is 44.4 Å². The number of carbonyl (C=O) groups is 3. The topological polar surface area (TPSA) is 179 Å². The van der Waals surface area contributed by atoms with Crippen molar-refractivity contribution in [1.29, 1.82) is 0 Å². The monoisotopic (exact) mass is 613 g/mol. The number of anilines is 3. The molecule has 0 radical (unpaired) electrons. The number of aliphatic hydroxyl groups is 2. The first-order valence-electron chi connectivity index (χ1n) is 14.7. The van der Waals surface area contributed by atoms with E-state index in [0.717, 1.165) is 12.8 Å². The van der Waals surface area contributed by atoms with E-state index >= 15 is 0 Å². The van der Waals surface area contributed by atoms with Gasteiger partial charge < -0.3 is 31.1 Å². The van der Waals surface area contributed by atoms with Crippen molar-refractivity contribution < 1.29 is 29.5 Å². The molecule has 2 aliphatic rings. The Morgan fingerprint density at radius 2 is 1.87 bits per heavy atom. The van der Waals surface area contributed by atoms with Crippen LogP contribution in [0.3, 0.4) is 0 Å². The van der Waals surface area contributed by atoms with Gasteiger partial charge in [0, 0.05) is 53.5 Å². The van der Waals surface area contributed by atoms with Gasteiger partial charge in [-0.05, 0) is 60.9 Å². The highest BCUT2D eigenvalue weighted by Crippen LogP contribution is 2.47. The van der Waals surface area contributed by atoms with Crippen LogP contribution in [0.4, 0.5) is 22.7 Å². The van der Waals surface area contributed by atoms with Crippen molar-refractivity contribution in [2.24, 2.45) is 5.92 Å². The van der Waals surface area contributed by atoms with Gasteiger partial charge in [0.2, 0.25) is 5.91 Å². The number of aliphatic hydroxyl groups excluding tert-OH is 1. The zero-order valence-electron chi connectivity index (χ0n) is 24.8. The highest BCUT2D eigenvalue weighted by atomic mass is 16.6. The third kappa shape index (κ3) is 6.28. The van der Waals surface area contributed by atoms with Crippen LogP contribution >= 0.6 is 0 Å². The van der Waals surface area contributed by atoms with Gasteiger partial charge in [0.15, 0.2) is 5.60 Å². The second-order valence-electron chi connectivity index (χ2n) is 11.4. The molecule has 1 fully saturated rings. The fourth-order valence-electron chi connectivity index (χ4n) is 5.90. The van der Waals surface area contributed by atoms with Crippen molar-refractivity contribution in [3.63, 3.8) is 0 Å². The Bertz CT molecular complexity index is 1640. The van der Waals surface area contributed by atoms with Crippen molar-refractivity contribution in [3.8, 4) is 0 Å². The number of nitrogens with one attached hydrogen (secondary N) is 1. The van der Waals surface area contributed by atoms with E-state index < -0.39 is 22.3 Å². The number of nitrogen functional groups attached to an aromatic ring is 1. The average Bonchev–Trinajstić information content (AvgIpc) is 3.60. The molecular weight excluding hydrogens is 578 g/mol. The Morgan fingerprint density at radius 3 is 2.53 bits per heavy atom. The summed E-state index contributed by atoms with van der Waals surface area (Å²) < 4.78 is 0. The second kappa shape index (κ2) is 12.9. The number of non-ortho nitro benzene ring substituents is 1. The molecule has 0 saturated carbocycles. The van der Waals surface area contributed by atoms with E-state index in [9.17, 15) is 34.7 Å². The molecule has 3 aromatic rings. The molecule has 3 atom stereocenters. The van der Waals surface area contributed by atoms with Gasteiger partial charge in [0.05, 0.1) is 29.8 Å². The number of likely N-dealkylation sites (tertiary alicyclic amines) is 1. The van der Waals surface area contributed by atoms with Crippen LogP contribution in [0.1, 0.15) is 47.7 Å². The summed E-state index contributed by atoms with van der Waals surface area (Å²) in [6.45, 7) is 2.14. The molecule has 0 unspecified atom stereocenters. The molecule has 12 nitrogen and oxygen atoms in total. The Morgan fingerprint density at radius 1 is 1.16 bits per heavy atom. The van der Waals surface area contributed by atoms with Gasteiger partial charge in [-0.2, -0.15) is 0 Å². The lowest BCUT2D eigenvalue weighted by Crippen LogP contribution is -2.44. The molecule has 3 aromatic carbocycles. The van der Waals surface area contributed by atoms with E-state index in [-0.39, 0.29) is 48.7 Å². The molecule has 1 saturated heterocycles. The Hall–Kier alpha value is -5.07. The van der Waals surface area contributed by atoms with Gasteiger partial charge in [-0.1, -0.05) is 31.2 Å². The van der Waals surface area contributed by atoms with Crippen LogP contribution in [0.2, 0.25) is 0 Å². The predicted molar refractivity (Wildman–Crippen MR) is 168 cm³/mol. The normalized spacial score (nSPS) is 20.0. The minimum Gasteiger partial charge on any atom is -0.399 e. The number of rotatable bonds is 10. The number of hydrogen-bond donors (Lipinski definition) is 4. The summed E-state index contributed by atoms with van der Waals surface area (Å²) in [4.78, 5) is 53.2. The molecule has 3 amide bonds. The average molecular weight is 614 g/mol. The van der Waals surface area contributed by atoms with Crippen LogP contribution < -0.4 is 16.0 Å². The Labute approximate surface area is 259 Å². The zero-order chi connectivity index (χ0) is 32.3. The highest BCUT2D eigenvalue weighted by molar-refractivity contribution is 6.07. The quantitative estimate of drug-likeness (QED) is 0.116. The van der Waals surface area contributed by atoms with Crippen LogP contribution in [0.5, 0.6) is 0 Å². The molecule has 0 aliphatic carbocycles. The first kappa shape index (κ1) is 31.4. The fourth-order valence-corrected chi connectivity index (χ4v) is 5.90. The lowest BCUT2D eigenvalue weighted by atomic mass is 9.82. The predicted octanol–water partition coefficient (Wildman–Crippen LogP) is 3.73. The van der Waals surface area contributed by atoms with E-state index in [1.54, 1.807) is 72.5 Å². The molecule has 234 valence electrons. The summed E-state index contributed by atoms with van der Waals surface area (Å²) in [6, 6.07) is 17.1. The van der Waals surface area contributed by atoms with E-state index in [1.807, 2.05) is 0 Å². The van der Waals surface area contributed by atoms with Crippen molar-refractivity contribution in [1.82, 2.24) is 4.90 Å². The lowest BCUT2D eigenvalue weighted by molar-refractivity contribution is -0.385. The largest absolute Gasteiger partial charge is 0.399 e. The maximum absolute atomic E-state index is 13.9. The third-order valence-corrected chi connectivity index (χ3v) is 8.47. The second-order valence-corrected chi connectivity index (χ2v) is 11.4.